The Bertz CT molecular complexity index is 535. The van der Waals surface area contributed by atoms with Gasteiger partial charge in [0.1, 0.15) is 0 Å². The maximum Gasteiger partial charge on any atom is 0.255 e. The Labute approximate surface area is 124 Å². The molecule has 0 unspecified atom stereocenters. The molecule has 2 heterocycles. The summed E-state index contributed by atoms with van der Waals surface area (Å²) in [4.78, 5) is 26.2. The topological polar surface area (TPSA) is 78.1 Å². The van der Waals surface area contributed by atoms with Crippen molar-refractivity contribution in [3.05, 3.63) is 17.0 Å². The number of hydrogen-bond acceptors (Lipinski definition) is 3. The van der Waals surface area contributed by atoms with E-state index in [0.717, 1.165) is 50.2 Å². The molecule has 2 aliphatic rings. The summed E-state index contributed by atoms with van der Waals surface area (Å²) in [6.45, 7) is 5.19. The normalized spacial score (nSPS) is 19.6. The van der Waals surface area contributed by atoms with Crippen LogP contribution < -0.4 is 5.32 Å². The van der Waals surface area contributed by atoms with Gasteiger partial charge in [-0.25, -0.2) is 0 Å². The van der Waals surface area contributed by atoms with Crippen molar-refractivity contribution in [3.63, 3.8) is 0 Å². The predicted molar refractivity (Wildman–Crippen MR) is 77.9 cm³/mol. The average molecular weight is 290 g/mol. The number of H-pyrrole nitrogens is 1. The molecule has 2 fully saturated rings. The Morgan fingerprint density at radius 1 is 1.19 bits per heavy atom. The standard InChI is InChI=1S/C15H22N4O2/c1-9-13(10(2)18-17-9)14(20)16-12-5-7-19(8-6-12)15(21)11-3-4-11/h11-12H,3-8H2,1-2H3,(H,16,20)(H,17,18). The summed E-state index contributed by atoms with van der Waals surface area (Å²) in [5, 5.41) is 9.96. The van der Waals surface area contributed by atoms with Gasteiger partial charge in [-0.3, -0.25) is 14.7 Å². The molecule has 1 aromatic rings. The highest BCUT2D eigenvalue weighted by Crippen LogP contribution is 2.31. The van der Waals surface area contributed by atoms with E-state index in [4.69, 9.17) is 0 Å². The van der Waals surface area contributed by atoms with Crippen molar-refractivity contribution in [2.45, 2.75) is 45.6 Å². The molecule has 1 aromatic heterocycles. The molecule has 1 saturated carbocycles. The molecule has 1 saturated heterocycles. The number of aromatic nitrogens is 2. The van der Waals surface area contributed by atoms with Crippen LogP contribution in [0, 0.1) is 19.8 Å². The Balaban J connectivity index is 1.53. The number of piperidine rings is 1. The van der Waals surface area contributed by atoms with Gasteiger partial charge in [0.2, 0.25) is 5.91 Å². The van der Waals surface area contributed by atoms with Gasteiger partial charge in [0.05, 0.1) is 11.3 Å². The number of likely N-dealkylation sites (tertiary alicyclic amines) is 1. The molecule has 3 rings (SSSR count). The third-order valence-electron chi connectivity index (χ3n) is 4.42. The van der Waals surface area contributed by atoms with Crippen LogP contribution in [0.4, 0.5) is 0 Å². The number of aromatic amines is 1. The molecular weight excluding hydrogens is 268 g/mol. The monoisotopic (exact) mass is 290 g/mol. The summed E-state index contributed by atoms with van der Waals surface area (Å²) < 4.78 is 0. The molecule has 114 valence electrons. The van der Waals surface area contributed by atoms with E-state index in [0.29, 0.717) is 11.5 Å². The Morgan fingerprint density at radius 2 is 1.86 bits per heavy atom. The van der Waals surface area contributed by atoms with Crippen molar-refractivity contribution in [2.75, 3.05) is 13.1 Å². The molecule has 6 nitrogen and oxygen atoms in total. The highest BCUT2D eigenvalue weighted by atomic mass is 16.2. The Hall–Kier alpha value is -1.85. The molecule has 1 aliphatic carbocycles. The minimum atomic E-state index is -0.0641. The van der Waals surface area contributed by atoms with Crippen molar-refractivity contribution < 1.29 is 9.59 Å². The van der Waals surface area contributed by atoms with Crippen molar-refractivity contribution in [1.82, 2.24) is 20.4 Å². The SMILES string of the molecule is Cc1n[nH]c(C)c1C(=O)NC1CCN(C(=O)C2CC2)CC1. The molecule has 21 heavy (non-hydrogen) atoms. The van der Waals surface area contributed by atoms with Gasteiger partial charge >= 0.3 is 0 Å². The first-order valence-corrected chi connectivity index (χ1v) is 7.67. The van der Waals surface area contributed by atoms with Crippen molar-refractivity contribution in [3.8, 4) is 0 Å². The maximum absolute atomic E-state index is 12.3. The molecule has 0 spiro atoms. The van der Waals surface area contributed by atoms with Gasteiger partial charge in [0, 0.05) is 30.7 Å². The number of nitrogens with zero attached hydrogens (tertiary/aromatic N) is 2. The predicted octanol–water partition coefficient (Wildman–Crippen LogP) is 1.16. The lowest BCUT2D eigenvalue weighted by Crippen LogP contribution is -2.47. The fourth-order valence-electron chi connectivity index (χ4n) is 2.98. The minimum Gasteiger partial charge on any atom is -0.349 e. The van der Waals surface area contributed by atoms with Gasteiger partial charge in [-0.15, -0.1) is 0 Å². The minimum absolute atomic E-state index is 0.0641. The van der Waals surface area contributed by atoms with Gasteiger partial charge in [0.25, 0.3) is 5.91 Å². The number of aryl methyl sites for hydroxylation is 2. The first-order valence-electron chi connectivity index (χ1n) is 7.67. The first-order chi connectivity index (χ1) is 10.1. The number of hydrogen-bond donors (Lipinski definition) is 2. The van der Waals surface area contributed by atoms with Gasteiger partial charge < -0.3 is 10.2 Å². The lowest BCUT2D eigenvalue weighted by atomic mass is 10.0. The smallest absolute Gasteiger partial charge is 0.255 e. The highest BCUT2D eigenvalue weighted by Gasteiger charge is 2.35. The van der Waals surface area contributed by atoms with Crippen LogP contribution in [0.15, 0.2) is 0 Å². The van der Waals surface area contributed by atoms with E-state index in [1.54, 1.807) is 0 Å². The van der Waals surface area contributed by atoms with Crippen LogP contribution in [0.5, 0.6) is 0 Å². The van der Waals surface area contributed by atoms with Gasteiger partial charge in [-0.05, 0) is 39.5 Å². The van der Waals surface area contributed by atoms with E-state index in [-0.39, 0.29) is 17.9 Å². The van der Waals surface area contributed by atoms with Crippen LogP contribution in [0.3, 0.4) is 0 Å². The number of carbonyl (C=O) groups excluding carboxylic acids is 2. The van der Waals surface area contributed by atoms with Crippen LogP contribution in [-0.4, -0.2) is 46.0 Å². The van der Waals surface area contributed by atoms with Gasteiger partial charge in [-0.1, -0.05) is 0 Å². The molecule has 2 N–H and O–H groups in total. The summed E-state index contributed by atoms with van der Waals surface area (Å²) in [7, 11) is 0. The molecule has 1 aliphatic heterocycles. The molecule has 6 heteroatoms. The maximum atomic E-state index is 12.3. The van der Waals surface area contributed by atoms with Gasteiger partial charge in [-0.2, -0.15) is 5.10 Å². The molecule has 0 atom stereocenters. The average Bonchev–Trinajstić information content (AvgIpc) is 3.25. The van der Waals surface area contributed by atoms with Crippen LogP contribution in [0.2, 0.25) is 0 Å². The zero-order chi connectivity index (χ0) is 15.0. The summed E-state index contributed by atoms with van der Waals surface area (Å²) in [5.74, 6) is 0.527. The second-order valence-corrected chi connectivity index (χ2v) is 6.16. The van der Waals surface area contributed by atoms with Crippen LogP contribution in [0.25, 0.3) is 0 Å². The zero-order valence-electron chi connectivity index (χ0n) is 12.6. The van der Waals surface area contributed by atoms with Crippen LogP contribution in [-0.2, 0) is 4.79 Å². The molecule has 0 bridgehead atoms. The highest BCUT2D eigenvalue weighted by molar-refractivity contribution is 5.96. The fourth-order valence-corrected chi connectivity index (χ4v) is 2.98. The van der Waals surface area contributed by atoms with Gasteiger partial charge in [0.15, 0.2) is 0 Å². The third-order valence-corrected chi connectivity index (χ3v) is 4.42. The van der Waals surface area contributed by atoms with Crippen molar-refractivity contribution >= 4 is 11.8 Å². The number of rotatable bonds is 3. The number of amides is 2. The van der Waals surface area contributed by atoms with E-state index in [9.17, 15) is 9.59 Å². The Morgan fingerprint density at radius 3 is 2.38 bits per heavy atom. The van der Waals surface area contributed by atoms with Crippen LogP contribution >= 0.6 is 0 Å². The summed E-state index contributed by atoms with van der Waals surface area (Å²) in [5.41, 5.74) is 2.17. The largest absolute Gasteiger partial charge is 0.349 e. The number of carbonyl (C=O) groups is 2. The lowest BCUT2D eigenvalue weighted by Gasteiger charge is -2.32. The lowest BCUT2D eigenvalue weighted by molar-refractivity contribution is -0.133. The molecule has 2 amide bonds. The zero-order valence-corrected chi connectivity index (χ0v) is 12.6. The van der Waals surface area contributed by atoms with E-state index in [2.05, 4.69) is 15.5 Å². The van der Waals surface area contributed by atoms with Crippen molar-refractivity contribution in [2.24, 2.45) is 5.92 Å². The first kappa shape index (κ1) is 14.1. The summed E-state index contributed by atoms with van der Waals surface area (Å²) in [6, 6.07) is 0.148. The number of nitrogens with one attached hydrogen (secondary N) is 2. The molecule has 0 aromatic carbocycles. The fraction of sp³-hybridized carbons (Fsp3) is 0.667. The van der Waals surface area contributed by atoms with E-state index >= 15 is 0 Å². The Kier molecular flexibility index (Phi) is 3.69. The van der Waals surface area contributed by atoms with Crippen molar-refractivity contribution in [1.29, 1.82) is 0 Å². The quantitative estimate of drug-likeness (QED) is 0.877. The molecular formula is C15H22N4O2. The summed E-state index contributed by atoms with van der Waals surface area (Å²) in [6.07, 6.45) is 3.77. The van der Waals surface area contributed by atoms with E-state index in [1.165, 1.54) is 0 Å². The molecule has 0 radical (unpaired) electrons. The van der Waals surface area contributed by atoms with E-state index < -0.39 is 0 Å². The van der Waals surface area contributed by atoms with E-state index in [1.807, 2.05) is 18.7 Å². The second kappa shape index (κ2) is 5.50. The van der Waals surface area contributed by atoms with Crippen LogP contribution in [0.1, 0.15) is 47.4 Å². The summed E-state index contributed by atoms with van der Waals surface area (Å²) >= 11 is 0. The third kappa shape index (κ3) is 2.94. The second-order valence-electron chi connectivity index (χ2n) is 6.16.